The van der Waals surface area contributed by atoms with Crippen LogP contribution in [0.15, 0.2) is 69.0 Å². The predicted octanol–water partition coefficient (Wildman–Crippen LogP) is 6.38. The van der Waals surface area contributed by atoms with Crippen molar-refractivity contribution >= 4 is 44.9 Å². The molecule has 1 aliphatic rings. The molecule has 0 fully saturated rings. The summed E-state index contributed by atoms with van der Waals surface area (Å²) < 4.78 is 7.67. The van der Waals surface area contributed by atoms with Gasteiger partial charge in [0.1, 0.15) is 4.83 Å². The third kappa shape index (κ3) is 4.53. The Morgan fingerprint density at radius 1 is 1.03 bits per heavy atom. The minimum atomic E-state index is 0.0353. The molecule has 0 bridgehead atoms. The lowest BCUT2D eigenvalue weighted by molar-refractivity contribution is 0.528. The van der Waals surface area contributed by atoms with Gasteiger partial charge in [-0.05, 0) is 61.1 Å². The van der Waals surface area contributed by atoms with E-state index in [1.165, 1.54) is 28.6 Å². The zero-order chi connectivity index (χ0) is 23.8. The van der Waals surface area contributed by atoms with Crippen LogP contribution in [0.4, 0.5) is 0 Å². The highest BCUT2D eigenvalue weighted by Crippen LogP contribution is 2.35. The minimum Gasteiger partial charge on any atom is -0.420 e. The molecule has 1 aliphatic carbocycles. The fourth-order valence-electron chi connectivity index (χ4n) is 4.38. The van der Waals surface area contributed by atoms with E-state index in [2.05, 4.69) is 10.2 Å². The fourth-order valence-corrected chi connectivity index (χ4v) is 6.65. The van der Waals surface area contributed by atoms with Crippen molar-refractivity contribution in [3.8, 4) is 11.5 Å². The maximum atomic E-state index is 13.8. The van der Waals surface area contributed by atoms with Gasteiger partial charge in [-0.15, -0.1) is 21.5 Å². The Morgan fingerprint density at radius 3 is 2.66 bits per heavy atom. The van der Waals surface area contributed by atoms with Gasteiger partial charge in [0.05, 0.1) is 17.7 Å². The minimum absolute atomic E-state index is 0.0353. The lowest BCUT2D eigenvalue weighted by Crippen LogP contribution is -2.24. The maximum absolute atomic E-state index is 13.8. The lowest BCUT2D eigenvalue weighted by Gasteiger charge is -2.13. The quantitative estimate of drug-likeness (QED) is 0.191. The normalized spacial score (nSPS) is 13.3. The summed E-state index contributed by atoms with van der Waals surface area (Å²) in [4.78, 5) is 20.9. The van der Waals surface area contributed by atoms with E-state index in [0.717, 1.165) is 40.6 Å². The first-order valence-electron chi connectivity index (χ1n) is 11.5. The molecular formula is C26H21ClN4O2S2. The van der Waals surface area contributed by atoms with E-state index in [1.807, 2.05) is 42.5 Å². The smallest absolute Gasteiger partial charge is 0.263 e. The molecule has 0 radical (unpaired) electrons. The van der Waals surface area contributed by atoms with Gasteiger partial charge in [-0.3, -0.25) is 9.36 Å². The zero-order valence-corrected chi connectivity index (χ0v) is 21.1. The Hall–Kier alpha value is -2.94. The van der Waals surface area contributed by atoms with Crippen LogP contribution in [-0.4, -0.2) is 19.7 Å². The zero-order valence-electron chi connectivity index (χ0n) is 18.7. The largest absolute Gasteiger partial charge is 0.420 e. The lowest BCUT2D eigenvalue weighted by atomic mass is 9.97. The van der Waals surface area contributed by atoms with E-state index in [9.17, 15) is 4.79 Å². The summed E-state index contributed by atoms with van der Waals surface area (Å²) in [6, 6.07) is 17.3. The summed E-state index contributed by atoms with van der Waals surface area (Å²) in [7, 11) is 0. The van der Waals surface area contributed by atoms with Gasteiger partial charge in [0.25, 0.3) is 5.56 Å². The second kappa shape index (κ2) is 9.60. The van der Waals surface area contributed by atoms with Gasteiger partial charge in [-0.2, -0.15) is 0 Å². The van der Waals surface area contributed by atoms with Crippen molar-refractivity contribution in [3.63, 3.8) is 0 Å². The van der Waals surface area contributed by atoms with E-state index in [0.29, 0.717) is 34.3 Å². The number of benzene rings is 2. The molecule has 0 unspecified atom stereocenters. The van der Waals surface area contributed by atoms with Crippen molar-refractivity contribution < 1.29 is 4.42 Å². The van der Waals surface area contributed by atoms with Crippen LogP contribution >= 0.6 is 34.7 Å². The first-order chi connectivity index (χ1) is 17.2. The molecule has 5 aromatic rings. The fraction of sp³-hybridized carbons (Fsp3) is 0.231. The predicted molar refractivity (Wildman–Crippen MR) is 140 cm³/mol. The summed E-state index contributed by atoms with van der Waals surface area (Å²) in [6.45, 7) is 0.468. The summed E-state index contributed by atoms with van der Waals surface area (Å²) in [5.41, 5.74) is 3.11. The standard InChI is InChI=1S/C26H21ClN4O2S2/c27-18-12-10-17(11-13-18)23-30-29-21(33-23)15-34-26-28-24-22(19-8-4-5-9-20(19)35-24)25(32)31(26)14-16-6-2-1-3-7-16/h1-3,6-7,10-13H,4-5,8-9,14-15H2. The highest BCUT2D eigenvalue weighted by atomic mass is 35.5. The van der Waals surface area contributed by atoms with Gasteiger partial charge < -0.3 is 4.42 Å². The number of thioether (sulfide) groups is 1. The highest BCUT2D eigenvalue weighted by Gasteiger charge is 2.23. The average molecular weight is 521 g/mol. The van der Waals surface area contributed by atoms with Gasteiger partial charge in [0.2, 0.25) is 11.8 Å². The van der Waals surface area contributed by atoms with Crippen molar-refractivity contribution in [3.05, 3.63) is 91.9 Å². The van der Waals surface area contributed by atoms with Crippen molar-refractivity contribution in [1.29, 1.82) is 0 Å². The Labute approximate surface area is 215 Å². The molecule has 0 amide bonds. The second-order valence-electron chi connectivity index (χ2n) is 8.46. The van der Waals surface area contributed by atoms with E-state index in [-0.39, 0.29) is 5.56 Å². The van der Waals surface area contributed by atoms with E-state index in [4.69, 9.17) is 21.0 Å². The molecule has 2 aromatic carbocycles. The van der Waals surface area contributed by atoms with Crippen molar-refractivity contribution in [2.24, 2.45) is 0 Å². The number of rotatable bonds is 6. The number of aromatic nitrogens is 4. The molecule has 0 atom stereocenters. The molecule has 0 aliphatic heterocycles. The first kappa shape index (κ1) is 22.5. The summed E-state index contributed by atoms with van der Waals surface area (Å²) in [6.07, 6.45) is 4.29. The van der Waals surface area contributed by atoms with Crippen LogP contribution in [0.5, 0.6) is 0 Å². The monoisotopic (exact) mass is 520 g/mol. The number of hydrogen-bond acceptors (Lipinski definition) is 7. The van der Waals surface area contributed by atoms with Crippen LogP contribution in [0.2, 0.25) is 5.02 Å². The van der Waals surface area contributed by atoms with Gasteiger partial charge in [0, 0.05) is 15.5 Å². The number of hydrogen-bond donors (Lipinski definition) is 0. The Balaban J connectivity index is 1.35. The topological polar surface area (TPSA) is 73.8 Å². The highest BCUT2D eigenvalue weighted by molar-refractivity contribution is 7.98. The molecule has 0 spiro atoms. The van der Waals surface area contributed by atoms with E-state index in [1.54, 1.807) is 28.0 Å². The summed E-state index contributed by atoms with van der Waals surface area (Å²) >= 11 is 9.09. The molecule has 3 heterocycles. The first-order valence-corrected chi connectivity index (χ1v) is 13.6. The summed E-state index contributed by atoms with van der Waals surface area (Å²) in [5.74, 6) is 1.33. The van der Waals surface area contributed by atoms with Gasteiger partial charge in [0.15, 0.2) is 5.16 Å². The van der Waals surface area contributed by atoms with Gasteiger partial charge in [-0.1, -0.05) is 53.7 Å². The average Bonchev–Trinajstić information content (AvgIpc) is 3.50. The SMILES string of the molecule is O=c1c2c3c(sc2nc(SCc2nnc(-c4ccc(Cl)cc4)o2)n1Cc1ccccc1)CCCC3. The molecule has 3 aromatic heterocycles. The third-order valence-corrected chi connectivity index (χ3v) is 8.50. The molecule has 6 rings (SSSR count). The maximum Gasteiger partial charge on any atom is 0.263 e. The Morgan fingerprint density at radius 2 is 1.83 bits per heavy atom. The number of thiophene rings is 1. The van der Waals surface area contributed by atoms with Crippen LogP contribution in [0.3, 0.4) is 0 Å². The number of aryl methyl sites for hydroxylation is 2. The molecule has 0 saturated carbocycles. The van der Waals surface area contributed by atoms with Crippen molar-refractivity contribution in [2.75, 3.05) is 0 Å². The van der Waals surface area contributed by atoms with Gasteiger partial charge in [-0.25, -0.2) is 4.98 Å². The number of halogens is 1. The Kier molecular flexibility index (Phi) is 6.18. The molecule has 35 heavy (non-hydrogen) atoms. The van der Waals surface area contributed by atoms with Crippen LogP contribution in [0.1, 0.15) is 34.7 Å². The number of fused-ring (bicyclic) bond motifs is 3. The molecule has 9 heteroatoms. The molecule has 0 saturated heterocycles. The van der Waals surface area contributed by atoms with Gasteiger partial charge >= 0.3 is 0 Å². The Bertz CT molecular complexity index is 1560. The molecule has 176 valence electrons. The van der Waals surface area contributed by atoms with E-state index >= 15 is 0 Å². The van der Waals surface area contributed by atoms with Crippen molar-refractivity contribution in [2.45, 2.75) is 43.1 Å². The van der Waals surface area contributed by atoms with Crippen LogP contribution < -0.4 is 5.56 Å². The van der Waals surface area contributed by atoms with Crippen LogP contribution in [0.25, 0.3) is 21.7 Å². The van der Waals surface area contributed by atoms with Crippen LogP contribution in [0, 0.1) is 0 Å². The van der Waals surface area contributed by atoms with Crippen LogP contribution in [-0.2, 0) is 25.1 Å². The second-order valence-corrected chi connectivity index (χ2v) is 10.9. The molecule has 0 N–H and O–H groups in total. The third-order valence-electron chi connectivity index (χ3n) is 6.11. The number of nitrogens with zero attached hydrogens (tertiary/aromatic N) is 4. The van der Waals surface area contributed by atoms with E-state index < -0.39 is 0 Å². The molecule has 6 nitrogen and oxygen atoms in total. The molecular weight excluding hydrogens is 500 g/mol. The van der Waals surface area contributed by atoms with Crippen molar-refractivity contribution in [1.82, 2.24) is 19.7 Å². The summed E-state index contributed by atoms with van der Waals surface area (Å²) in [5, 5.41) is 10.5.